The summed E-state index contributed by atoms with van der Waals surface area (Å²) in [6.07, 6.45) is 7.41. The Bertz CT molecular complexity index is 875. The predicted octanol–water partition coefficient (Wildman–Crippen LogP) is 3.05. The molecule has 0 bridgehead atoms. The second kappa shape index (κ2) is 8.33. The van der Waals surface area contributed by atoms with Crippen molar-refractivity contribution in [3.05, 3.63) is 77.2 Å². The van der Waals surface area contributed by atoms with Crippen molar-refractivity contribution in [1.82, 2.24) is 9.97 Å². The van der Waals surface area contributed by atoms with E-state index in [1.54, 1.807) is 38.1 Å². The lowest BCUT2D eigenvalue weighted by Gasteiger charge is -2.20. The van der Waals surface area contributed by atoms with Crippen LogP contribution in [0.3, 0.4) is 0 Å². The van der Waals surface area contributed by atoms with E-state index in [4.69, 9.17) is 4.74 Å². The Morgan fingerprint density at radius 2 is 1.71 bits per heavy atom. The van der Waals surface area contributed by atoms with Crippen LogP contribution in [0, 0.1) is 41.7 Å². The summed E-state index contributed by atoms with van der Waals surface area (Å²) in [5.41, 5.74) is 1.57. The zero-order chi connectivity index (χ0) is 20.3. The zero-order valence-corrected chi connectivity index (χ0v) is 15.7. The van der Waals surface area contributed by atoms with Crippen molar-refractivity contribution in [2.24, 2.45) is 0 Å². The van der Waals surface area contributed by atoms with Crippen molar-refractivity contribution in [1.29, 1.82) is 0 Å². The highest BCUT2D eigenvalue weighted by atomic mass is 16.6. The van der Waals surface area contributed by atoms with E-state index in [9.17, 15) is 14.9 Å². The largest absolute Gasteiger partial charge is 0.462 e. The highest BCUT2D eigenvalue weighted by molar-refractivity contribution is 5.98. The van der Waals surface area contributed by atoms with Gasteiger partial charge in [0.25, 0.3) is 5.69 Å². The molecule has 5 radical (unpaired) electrons. The van der Waals surface area contributed by atoms with Crippen LogP contribution in [0.4, 0.5) is 11.6 Å². The van der Waals surface area contributed by atoms with Gasteiger partial charge in [-0.05, 0) is 44.7 Å². The van der Waals surface area contributed by atoms with Crippen LogP contribution in [0.5, 0.6) is 0 Å². The molecule has 1 aliphatic rings. The molecule has 1 aromatic carbocycles. The average molecular weight is 379 g/mol. The molecule has 8 heteroatoms. The number of nitro groups is 1. The van der Waals surface area contributed by atoms with Crippen LogP contribution in [0.15, 0.2) is 24.3 Å². The number of nitrogens with zero attached hydrogens (tertiary/aromatic N) is 4. The average Bonchev–Trinajstić information content (AvgIpc) is 3.21. The molecule has 1 fully saturated rings. The Labute approximate surface area is 163 Å². The molecule has 3 rings (SSSR count). The van der Waals surface area contributed by atoms with Crippen LogP contribution < -0.4 is 4.90 Å². The first-order valence-corrected chi connectivity index (χ1v) is 8.65. The maximum atomic E-state index is 12.8. The van der Waals surface area contributed by atoms with Gasteiger partial charge in [0.2, 0.25) is 5.95 Å². The number of non-ortho nitro benzene ring substituents is 1. The number of aromatic nitrogens is 2. The third kappa shape index (κ3) is 3.95. The normalized spacial score (nSPS) is 14.1. The first-order valence-electron chi connectivity index (χ1n) is 8.65. The minimum absolute atomic E-state index is 0.0421. The topological polar surface area (TPSA) is 98.5 Å². The molecule has 1 aliphatic carbocycles. The van der Waals surface area contributed by atoms with E-state index in [0.717, 1.165) is 5.92 Å². The van der Waals surface area contributed by atoms with Crippen molar-refractivity contribution >= 4 is 17.6 Å². The Morgan fingerprint density at radius 1 is 1.11 bits per heavy atom. The SMILES string of the molecule is CCOC(=O)c1c([C]2[CH][CH][CH][CH]2)nc(N(C)C)nc1-c1ccc([N+](=O)[O-])cc1. The van der Waals surface area contributed by atoms with Crippen molar-refractivity contribution in [3.63, 3.8) is 0 Å². The highest BCUT2D eigenvalue weighted by Gasteiger charge is 2.31. The van der Waals surface area contributed by atoms with Gasteiger partial charge in [0.1, 0.15) is 5.56 Å². The van der Waals surface area contributed by atoms with Gasteiger partial charge in [0.15, 0.2) is 0 Å². The number of nitro benzene ring substituents is 1. The summed E-state index contributed by atoms with van der Waals surface area (Å²) in [6, 6.07) is 5.89. The molecule has 28 heavy (non-hydrogen) atoms. The van der Waals surface area contributed by atoms with Gasteiger partial charge in [0.05, 0.1) is 22.9 Å². The molecule has 1 heterocycles. The number of hydrogen-bond donors (Lipinski definition) is 0. The van der Waals surface area contributed by atoms with Crippen LogP contribution in [-0.2, 0) is 4.74 Å². The molecule has 143 valence electrons. The molecule has 0 spiro atoms. The summed E-state index contributed by atoms with van der Waals surface area (Å²) in [7, 11) is 3.60. The Morgan fingerprint density at radius 3 is 2.25 bits per heavy atom. The van der Waals surface area contributed by atoms with E-state index in [1.165, 1.54) is 12.1 Å². The van der Waals surface area contributed by atoms with Crippen LogP contribution >= 0.6 is 0 Å². The lowest BCUT2D eigenvalue weighted by Crippen LogP contribution is -2.20. The Kier molecular flexibility index (Phi) is 5.87. The molecule has 0 N–H and O–H groups in total. The Hall–Kier alpha value is -3.03. The second-order valence-electron chi connectivity index (χ2n) is 6.19. The molecular weight excluding hydrogens is 360 g/mol. The van der Waals surface area contributed by atoms with Crippen LogP contribution in [-0.4, -0.2) is 41.6 Å². The summed E-state index contributed by atoms with van der Waals surface area (Å²) in [5, 5.41) is 11.0. The lowest BCUT2D eigenvalue weighted by atomic mass is 9.95. The number of benzene rings is 1. The van der Waals surface area contributed by atoms with E-state index < -0.39 is 10.9 Å². The molecular formula is C20H19N4O4. The summed E-state index contributed by atoms with van der Waals surface area (Å²) >= 11 is 0. The van der Waals surface area contributed by atoms with Gasteiger partial charge in [0, 0.05) is 37.7 Å². The summed E-state index contributed by atoms with van der Waals surface area (Å²) in [6.45, 7) is 1.93. The van der Waals surface area contributed by atoms with Gasteiger partial charge in [-0.3, -0.25) is 10.1 Å². The first-order chi connectivity index (χ1) is 13.4. The fraction of sp³-hybridized carbons (Fsp3) is 0.200. The fourth-order valence-corrected chi connectivity index (χ4v) is 2.74. The number of hydrogen-bond acceptors (Lipinski definition) is 7. The van der Waals surface area contributed by atoms with E-state index >= 15 is 0 Å². The van der Waals surface area contributed by atoms with E-state index in [2.05, 4.69) is 9.97 Å². The molecule has 0 amide bonds. The number of esters is 1. The molecule has 0 unspecified atom stereocenters. The maximum Gasteiger partial charge on any atom is 0.342 e. The minimum atomic E-state index is -0.544. The molecule has 0 aliphatic heterocycles. The maximum absolute atomic E-state index is 12.8. The minimum Gasteiger partial charge on any atom is -0.462 e. The highest BCUT2D eigenvalue weighted by Crippen LogP contribution is 2.36. The quantitative estimate of drug-likeness (QED) is 0.432. The summed E-state index contributed by atoms with van der Waals surface area (Å²) in [5.74, 6) is 0.631. The molecule has 1 aromatic heterocycles. The van der Waals surface area contributed by atoms with Crippen molar-refractivity contribution in [3.8, 4) is 11.3 Å². The third-order valence-electron chi connectivity index (χ3n) is 4.06. The number of ether oxygens (including phenoxy) is 1. The number of anilines is 1. The van der Waals surface area contributed by atoms with Gasteiger partial charge in [-0.2, -0.15) is 0 Å². The number of carbonyl (C=O) groups excluding carboxylic acids is 1. The number of carbonyl (C=O) groups is 1. The fourth-order valence-electron chi connectivity index (χ4n) is 2.74. The first kappa shape index (κ1) is 19.7. The lowest BCUT2D eigenvalue weighted by molar-refractivity contribution is -0.384. The molecule has 1 saturated carbocycles. The third-order valence-corrected chi connectivity index (χ3v) is 4.06. The zero-order valence-electron chi connectivity index (χ0n) is 15.7. The summed E-state index contributed by atoms with van der Waals surface area (Å²) < 4.78 is 5.25. The molecule has 8 nitrogen and oxygen atoms in total. The van der Waals surface area contributed by atoms with E-state index in [0.29, 0.717) is 22.9 Å². The van der Waals surface area contributed by atoms with Crippen LogP contribution in [0.25, 0.3) is 11.3 Å². The van der Waals surface area contributed by atoms with Crippen LogP contribution in [0.2, 0.25) is 0 Å². The van der Waals surface area contributed by atoms with Gasteiger partial charge < -0.3 is 9.64 Å². The van der Waals surface area contributed by atoms with E-state index in [1.807, 2.05) is 25.7 Å². The standard InChI is InChI=1S/C20H19N4O4/c1-4-28-19(25)16-17(13-7-5-6-8-13)21-20(23(2)3)22-18(16)14-9-11-15(12-10-14)24(26)27/h5-12H,4H2,1-3H3. The van der Waals surface area contributed by atoms with Crippen molar-refractivity contribution < 1.29 is 14.5 Å². The van der Waals surface area contributed by atoms with Gasteiger partial charge in [-0.1, -0.05) is 0 Å². The monoisotopic (exact) mass is 379 g/mol. The smallest absolute Gasteiger partial charge is 0.342 e. The predicted molar refractivity (Wildman–Crippen MR) is 104 cm³/mol. The Balaban J connectivity index is 2.22. The van der Waals surface area contributed by atoms with Gasteiger partial charge >= 0.3 is 5.97 Å². The van der Waals surface area contributed by atoms with Gasteiger partial charge in [-0.15, -0.1) is 0 Å². The molecule has 0 saturated heterocycles. The second-order valence-corrected chi connectivity index (χ2v) is 6.19. The van der Waals surface area contributed by atoms with Crippen LogP contribution in [0.1, 0.15) is 23.0 Å². The van der Waals surface area contributed by atoms with E-state index in [-0.39, 0.29) is 17.9 Å². The molecule has 0 atom stereocenters. The summed E-state index contributed by atoms with van der Waals surface area (Å²) in [4.78, 5) is 34.1. The molecule has 2 aromatic rings. The van der Waals surface area contributed by atoms with Crippen molar-refractivity contribution in [2.75, 3.05) is 25.6 Å². The van der Waals surface area contributed by atoms with Gasteiger partial charge in [-0.25, -0.2) is 14.8 Å². The number of rotatable bonds is 6. The van der Waals surface area contributed by atoms with Crippen molar-refractivity contribution in [2.45, 2.75) is 6.92 Å².